The largest absolute Gasteiger partial charge is 0.239 e. The Balaban J connectivity index is 2.07. The van der Waals surface area contributed by atoms with Crippen molar-refractivity contribution in [3.8, 4) is 11.8 Å². The van der Waals surface area contributed by atoms with Crippen molar-refractivity contribution < 1.29 is 8.42 Å². The van der Waals surface area contributed by atoms with Gasteiger partial charge >= 0.3 is 0 Å². The second-order valence-electron chi connectivity index (χ2n) is 3.97. The summed E-state index contributed by atoms with van der Waals surface area (Å²) in [6.07, 6.45) is 1.58. The molecule has 0 aliphatic heterocycles. The van der Waals surface area contributed by atoms with Crippen LogP contribution < -0.4 is 0 Å². The molecule has 0 radical (unpaired) electrons. The molecule has 0 atom stereocenters. The van der Waals surface area contributed by atoms with Gasteiger partial charge in [-0.3, -0.25) is 0 Å². The molecule has 1 aromatic carbocycles. The van der Waals surface area contributed by atoms with Gasteiger partial charge in [0, 0.05) is 22.7 Å². The van der Waals surface area contributed by atoms with Gasteiger partial charge in [0.25, 0.3) is 0 Å². The Kier molecular flexibility index (Phi) is 2.96. The molecular weight excluding hydrogens is 244 g/mol. The van der Waals surface area contributed by atoms with Crippen molar-refractivity contribution in [2.45, 2.75) is 24.0 Å². The molecule has 4 heteroatoms. The minimum atomic E-state index is -3.48. The van der Waals surface area contributed by atoms with Crippen LogP contribution in [0.5, 0.6) is 0 Å². The summed E-state index contributed by atoms with van der Waals surface area (Å²) in [4.78, 5) is 0. The highest BCUT2D eigenvalue weighted by Crippen LogP contribution is 2.48. The Labute approximate surface area is 100 Å². The maximum Gasteiger partial charge on any atom is 0.239 e. The molecule has 1 aliphatic rings. The van der Waals surface area contributed by atoms with Gasteiger partial charge < -0.3 is 0 Å². The molecule has 0 heterocycles. The first-order chi connectivity index (χ1) is 7.54. The van der Waals surface area contributed by atoms with Gasteiger partial charge in [-0.1, -0.05) is 30.0 Å². The van der Waals surface area contributed by atoms with E-state index in [0.29, 0.717) is 19.3 Å². The monoisotopic (exact) mass is 254 g/mol. The van der Waals surface area contributed by atoms with Crippen LogP contribution in [0.1, 0.15) is 24.8 Å². The van der Waals surface area contributed by atoms with E-state index >= 15 is 0 Å². The minimum absolute atomic E-state index is 0.327. The van der Waals surface area contributed by atoms with Crippen molar-refractivity contribution >= 4 is 19.7 Å². The van der Waals surface area contributed by atoms with Crippen LogP contribution in [0.15, 0.2) is 30.3 Å². The van der Waals surface area contributed by atoms with Gasteiger partial charge in [-0.2, -0.15) is 0 Å². The predicted octanol–water partition coefficient (Wildman–Crippen LogP) is 2.53. The lowest BCUT2D eigenvalue weighted by atomic mass is 10.2. The van der Waals surface area contributed by atoms with Gasteiger partial charge in [0.15, 0.2) is 0 Å². The van der Waals surface area contributed by atoms with Crippen molar-refractivity contribution in [2.24, 2.45) is 0 Å². The van der Waals surface area contributed by atoms with Crippen molar-refractivity contribution in [1.82, 2.24) is 0 Å². The average molecular weight is 255 g/mol. The standard InChI is InChI=1S/C12H11ClO2S/c13-16(14,15)12(9-10-12)8-4-7-11-5-2-1-3-6-11/h1-3,5-6H,8-10H2. The Morgan fingerprint density at radius 3 is 2.38 bits per heavy atom. The van der Waals surface area contributed by atoms with Crippen LogP contribution in [0.4, 0.5) is 0 Å². The normalized spacial score (nSPS) is 17.3. The number of hydrogen-bond acceptors (Lipinski definition) is 2. The summed E-state index contributed by atoms with van der Waals surface area (Å²) in [5.74, 6) is 5.84. The molecule has 0 saturated heterocycles. The Hall–Kier alpha value is -0.980. The summed E-state index contributed by atoms with van der Waals surface area (Å²) < 4.78 is 21.7. The van der Waals surface area contributed by atoms with E-state index in [1.54, 1.807) is 0 Å². The molecular formula is C12H11ClO2S. The molecule has 2 rings (SSSR count). The molecule has 2 nitrogen and oxygen atoms in total. The van der Waals surface area contributed by atoms with Gasteiger partial charge in [-0.25, -0.2) is 8.42 Å². The van der Waals surface area contributed by atoms with Gasteiger partial charge in [0.05, 0.1) is 4.75 Å². The topological polar surface area (TPSA) is 34.1 Å². The lowest BCUT2D eigenvalue weighted by Gasteiger charge is -2.04. The summed E-state index contributed by atoms with van der Waals surface area (Å²) in [5, 5.41) is 0. The summed E-state index contributed by atoms with van der Waals surface area (Å²) in [6, 6.07) is 9.49. The van der Waals surface area contributed by atoms with Crippen molar-refractivity contribution in [3.63, 3.8) is 0 Å². The van der Waals surface area contributed by atoms with E-state index < -0.39 is 13.8 Å². The van der Waals surface area contributed by atoms with Crippen molar-refractivity contribution in [1.29, 1.82) is 0 Å². The Morgan fingerprint density at radius 1 is 1.25 bits per heavy atom. The van der Waals surface area contributed by atoms with Crippen LogP contribution in [-0.4, -0.2) is 13.2 Å². The van der Waals surface area contributed by atoms with Crippen LogP contribution in [-0.2, 0) is 9.05 Å². The molecule has 0 N–H and O–H groups in total. The van der Waals surface area contributed by atoms with Crippen molar-refractivity contribution in [2.75, 3.05) is 0 Å². The minimum Gasteiger partial charge on any atom is -0.212 e. The molecule has 1 fully saturated rings. The van der Waals surface area contributed by atoms with Gasteiger partial charge in [0.1, 0.15) is 0 Å². The molecule has 1 aromatic rings. The zero-order valence-electron chi connectivity index (χ0n) is 8.61. The van der Waals surface area contributed by atoms with Crippen LogP contribution in [0.3, 0.4) is 0 Å². The van der Waals surface area contributed by atoms with E-state index in [1.807, 2.05) is 30.3 Å². The zero-order chi connectivity index (χ0) is 11.6. The second-order valence-corrected chi connectivity index (χ2v) is 6.93. The first-order valence-electron chi connectivity index (χ1n) is 5.02. The lowest BCUT2D eigenvalue weighted by Crippen LogP contribution is -2.16. The van der Waals surface area contributed by atoms with Crippen LogP contribution >= 0.6 is 10.7 Å². The zero-order valence-corrected chi connectivity index (χ0v) is 10.2. The third-order valence-electron chi connectivity index (χ3n) is 2.74. The van der Waals surface area contributed by atoms with Gasteiger partial charge in [0.2, 0.25) is 9.05 Å². The molecule has 0 bridgehead atoms. The highest BCUT2D eigenvalue weighted by molar-refractivity contribution is 8.15. The molecule has 1 aliphatic carbocycles. The van der Waals surface area contributed by atoms with Crippen LogP contribution in [0.2, 0.25) is 0 Å². The summed E-state index contributed by atoms with van der Waals surface area (Å²) in [5.41, 5.74) is 0.894. The number of rotatable bonds is 2. The van der Waals surface area contributed by atoms with E-state index in [9.17, 15) is 8.42 Å². The Bertz CT molecular complexity index is 533. The molecule has 1 saturated carbocycles. The molecule has 0 spiro atoms. The fourth-order valence-electron chi connectivity index (χ4n) is 1.48. The maximum absolute atomic E-state index is 11.3. The first kappa shape index (κ1) is 11.5. The third-order valence-corrected chi connectivity index (χ3v) is 5.31. The quantitative estimate of drug-likeness (QED) is 0.600. The molecule has 0 aromatic heterocycles. The molecule has 0 amide bonds. The Morgan fingerprint density at radius 2 is 1.88 bits per heavy atom. The second kappa shape index (κ2) is 4.12. The number of benzene rings is 1. The summed E-state index contributed by atoms with van der Waals surface area (Å²) >= 11 is 0. The predicted molar refractivity (Wildman–Crippen MR) is 64.7 cm³/mol. The average Bonchev–Trinajstić information content (AvgIpc) is 3.00. The third kappa shape index (κ3) is 2.40. The molecule has 16 heavy (non-hydrogen) atoms. The fraction of sp³-hybridized carbons (Fsp3) is 0.333. The lowest BCUT2D eigenvalue weighted by molar-refractivity contribution is 0.592. The van der Waals surface area contributed by atoms with Crippen LogP contribution in [0.25, 0.3) is 0 Å². The highest BCUT2D eigenvalue weighted by atomic mass is 35.7. The molecule has 84 valence electrons. The van der Waals surface area contributed by atoms with E-state index in [1.165, 1.54) is 0 Å². The smallest absolute Gasteiger partial charge is 0.212 e. The summed E-state index contributed by atoms with van der Waals surface area (Å²) in [6.45, 7) is 0. The maximum atomic E-state index is 11.3. The van der Waals surface area contributed by atoms with Gasteiger partial charge in [-0.05, 0) is 25.0 Å². The highest BCUT2D eigenvalue weighted by Gasteiger charge is 2.53. The number of halogens is 1. The SMILES string of the molecule is O=S(=O)(Cl)C1(CC#Cc2ccccc2)CC1. The fourth-order valence-corrected chi connectivity index (χ4v) is 2.94. The summed E-state index contributed by atoms with van der Waals surface area (Å²) in [7, 11) is 1.90. The number of hydrogen-bond donors (Lipinski definition) is 0. The van der Waals surface area contributed by atoms with E-state index in [0.717, 1.165) is 5.56 Å². The van der Waals surface area contributed by atoms with E-state index in [2.05, 4.69) is 11.8 Å². The van der Waals surface area contributed by atoms with E-state index in [-0.39, 0.29) is 0 Å². The van der Waals surface area contributed by atoms with Gasteiger partial charge in [-0.15, -0.1) is 0 Å². The van der Waals surface area contributed by atoms with Crippen molar-refractivity contribution in [3.05, 3.63) is 35.9 Å². The van der Waals surface area contributed by atoms with E-state index in [4.69, 9.17) is 10.7 Å². The van der Waals surface area contributed by atoms with Crippen LogP contribution in [0, 0.1) is 11.8 Å². The first-order valence-corrected chi connectivity index (χ1v) is 7.33. The molecule has 0 unspecified atom stereocenters.